The Kier molecular flexibility index (Phi) is 5.27. The lowest BCUT2D eigenvalue weighted by Gasteiger charge is -2.00. The first kappa shape index (κ1) is 13.0. The molecular formula is C8H10Cl2FN3. The normalized spacial score (nSPS) is 9.00. The fraction of sp³-hybridized carbons (Fsp3) is 0.125. The van der Waals surface area contributed by atoms with Gasteiger partial charge in [-0.15, -0.1) is 12.4 Å². The van der Waals surface area contributed by atoms with Gasteiger partial charge >= 0.3 is 0 Å². The highest BCUT2D eigenvalue weighted by atomic mass is 35.5. The first-order chi connectivity index (χ1) is 6.09. The molecule has 6 heteroatoms. The molecule has 0 aromatic heterocycles. The van der Waals surface area contributed by atoms with Crippen LogP contribution >= 0.6 is 24.0 Å². The smallest absolute Gasteiger partial charge is 0.186 e. The molecule has 0 saturated carbocycles. The molecule has 0 fully saturated rings. The molecule has 0 radical (unpaired) electrons. The van der Waals surface area contributed by atoms with Crippen molar-refractivity contribution in [3.05, 3.63) is 34.6 Å². The summed E-state index contributed by atoms with van der Waals surface area (Å²) in [5, 5.41) is 0.450. The van der Waals surface area contributed by atoms with E-state index < -0.39 is 0 Å². The van der Waals surface area contributed by atoms with Gasteiger partial charge in [0.2, 0.25) is 0 Å². The van der Waals surface area contributed by atoms with Crippen molar-refractivity contribution in [2.24, 2.45) is 16.5 Å². The molecule has 0 aliphatic rings. The fourth-order valence-corrected chi connectivity index (χ4v) is 1.02. The summed E-state index contributed by atoms with van der Waals surface area (Å²) < 4.78 is 12.7. The Labute approximate surface area is 92.4 Å². The molecule has 1 aromatic carbocycles. The number of aliphatic imine (C=N–C) groups is 1. The topological polar surface area (TPSA) is 64.4 Å². The van der Waals surface area contributed by atoms with Crippen molar-refractivity contribution in [3.8, 4) is 0 Å². The van der Waals surface area contributed by atoms with E-state index in [0.29, 0.717) is 10.6 Å². The van der Waals surface area contributed by atoms with E-state index in [-0.39, 0.29) is 30.7 Å². The highest BCUT2D eigenvalue weighted by Crippen LogP contribution is 2.17. The fourth-order valence-electron chi connectivity index (χ4n) is 0.841. The van der Waals surface area contributed by atoms with Gasteiger partial charge in [-0.1, -0.05) is 11.6 Å². The molecule has 0 bridgehead atoms. The lowest BCUT2D eigenvalue weighted by atomic mass is 10.2. The van der Waals surface area contributed by atoms with Crippen LogP contribution in [0.25, 0.3) is 0 Å². The summed E-state index contributed by atoms with van der Waals surface area (Å²) in [6.45, 7) is 0.193. The summed E-state index contributed by atoms with van der Waals surface area (Å²) in [5.74, 6) is -0.398. The molecule has 1 aromatic rings. The van der Waals surface area contributed by atoms with E-state index in [2.05, 4.69) is 4.99 Å². The molecule has 0 aliphatic carbocycles. The van der Waals surface area contributed by atoms with E-state index in [1.165, 1.54) is 18.2 Å². The van der Waals surface area contributed by atoms with Crippen LogP contribution < -0.4 is 11.5 Å². The van der Waals surface area contributed by atoms with Crippen LogP contribution in [0.4, 0.5) is 4.39 Å². The van der Waals surface area contributed by atoms with E-state index in [1.807, 2.05) is 0 Å². The second-order valence-electron chi connectivity index (χ2n) is 2.48. The average Bonchev–Trinajstić information content (AvgIpc) is 2.06. The van der Waals surface area contributed by atoms with Gasteiger partial charge in [-0.05, 0) is 23.8 Å². The minimum atomic E-state index is -0.356. The Morgan fingerprint density at radius 3 is 2.64 bits per heavy atom. The molecule has 0 amide bonds. The Balaban J connectivity index is 0.00000169. The summed E-state index contributed by atoms with van der Waals surface area (Å²) in [7, 11) is 0. The maximum Gasteiger partial charge on any atom is 0.186 e. The van der Waals surface area contributed by atoms with E-state index in [1.54, 1.807) is 0 Å². The van der Waals surface area contributed by atoms with Crippen molar-refractivity contribution >= 4 is 30.0 Å². The molecule has 0 atom stereocenters. The standard InChI is InChI=1S/C8H9ClFN3.ClH/c9-7-2-1-6(10)3-5(7)4-13-8(11)12;/h1-3H,4H2,(H4,11,12,13);1H. The quantitative estimate of drug-likeness (QED) is 0.608. The zero-order chi connectivity index (χ0) is 9.84. The Morgan fingerprint density at radius 1 is 1.43 bits per heavy atom. The summed E-state index contributed by atoms with van der Waals surface area (Å²) in [4.78, 5) is 3.72. The predicted molar refractivity (Wildman–Crippen MR) is 58.2 cm³/mol. The molecule has 14 heavy (non-hydrogen) atoms. The molecule has 0 spiro atoms. The van der Waals surface area contributed by atoms with Gasteiger partial charge in [0.05, 0.1) is 6.54 Å². The van der Waals surface area contributed by atoms with Gasteiger partial charge in [-0.3, -0.25) is 0 Å². The van der Waals surface area contributed by atoms with E-state index in [9.17, 15) is 4.39 Å². The maximum absolute atomic E-state index is 12.7. The van der Waals surface area contributed by atoms with Crippen LogP contribution in [0.5, 0.6) is 0 Å². The lowest BCUT2D eigenvalue weighted by Crippen LogP contribution is -2.22. The third kappa shape index (κ3) is 3.81. The van der Waals surface area contributed by atoms with Gasteiger partial charge in [0.15, 0.2) is 5.96 Å². The Morgan fingerprint density at radius 2 is 2.07 bits per heavy atom. The number of nitrogens with zero attached hydrogens (tertiary/aromatic N) is 1. The first-order valence-corrected chi connectivity index (χ1v) is 3.96. The Bertz CT molecular complexity index is 337. The summed E-state index contributed by atoms with van der Waals surface area (Å²) in [6.07, 6.45) is 0. The number of nitrogens with two attached hydrogens (primary N) is 2. The third-order valence-corrected chi connectivity index (χ3v) is 1.81. The second kappa shape index (κ2) is 5.67. The van der Waals surface area contributed by atoms with Gasteiger partial charge < -0.3 is 11.5 Å². The van der Waals surface area contributed by atoms with Crippen LogP contribution in [-0.4, -0.2) is 5.96 Å². The molecule has 1 rings (SSSR count). The van der Waals surface area contributed by atoms with Crippen molar-refractivity contribution in [3.63, 3.8) is 0 Å². The van der Waals surface area contributed by atoms with Crippen LogP contribution in [0.3, 0.4) is 0 Å². The number of guanidine groups is 1. The van der Waals surface area contributed by atoms with Gasteiger partial charge in [-0.2, -0.15) is 0 Å². The SMILES string of the molecule is Cl.NC(N)=NCc1cc(F)ccc1Cl. The number of benzene rings is 1. The van der Waals surface area contributed by atoms with E-state index in [0.717, 1.165) is 0 Å². The number of hydrogen-bond donors (Lipinski definition) is 2. The first-order valence-electron chi connectivity index (χ1n) is 3.59. The summed E-state index contributed by atoms with van der Waals surface area (Å²) in [5.41, 5.74) is 10.8. The van der Waals surface area contributed by atoms with E-state index in [4.69, 9.17) is 23.1 Å². The van der Waals surface area contributed by atoms with Crippen molar-refractivity contribution in [2.45, 2.75) is 6.54 Å². The van der Waals surface area contributed by atoms with Crippen molar-refractivity contribution in [2.75, 3.05) is 0 Å². The highest BCUT2D eigenvalue weighted by Gasteiger charge is 2.00. The average molecular weight is 238 g/mol. The zero-order valence-electron chi connectivity index (χ0n) is 7.21. The molecule has 4 N–H and O–H groups in total. The van der Waals surface area contributed by atoms with Crippen LogP contribution in [-0.2, 0) is 6.54 Å². The van der Waals surface area contributed by atoms with Gasteiger partial charge in [0, 0.05) is 5.02 Å². The predicted octanol–water partition coefficient (Wildman–Crippen LogP) is 1.67. The summed E-state index contributed by atoms with van der Waals surface area (Å²) >= 11 is 5.76. The monoisotopic (exact) mass is 237 g/mol. The van der Waals surface area contributed by atoms with Crippen LogP contribution in [0, 0.1) is 5.82 Å². The molecule has 0 unspecified atom stereocenters. The largest absolute Gasteiger partial charge is 0.370 e. The second-order valence-corrected chi connectivity index (χ2v) is 2.88. The van der Waals surface area contributed by atoms with Gasteiger partial charge in [0.1, 0.15) is 5.82 Å². The number of rotatable bonds is 2. The minimum Gasteiger partial charge on any atom is -0.370 e. The highest BCUT2D eigenvalue weighted by molar-refractivity contribution is 6.31. The molecule has 0 heterocycles. The molecule has 0 saturated heterocycles. The van der Waals surface area contributed by atoms with E-state index >= 15 is 0 Å². The minimum absolute atomic E-state index is 0. The maximum atomic E-state index is 12.7. The van der Waals surface area contributed by atoms with Gasteiger partial charge in [0.25, 0.3) is 0 Å². The number of hydrogen-bond acceptors (Lipinski definition) is 1. The van der Waals surface area contributed by atoms with Crippen molar-refractivity contribution in [1.82, 2.24) is 0 Å². The van der Waals surface area contributed by atoms with Crippen LogP contribution in [0.2, 0.25) is 5.02 Å². The summed E-state index contributed by atoms with van der Waals surface area (Å²) in [6, 6.07) is 4.05. The number of halogens is 3. The molecule has 78 valence electrons. The molecule has 3 nitrogen and oxygen atoms in total. The molecule has 0 aliphatic heterocycles. The van der Waals surface area contributed by atoms with Gasteiger partial charge in [-0.25, -0.2) is 9.38 Å². The van der Waals surface area contributed by atoms with Crippen LogP contribution in [0.1, 0.15) is 5.56 Å². The van der Waals surface area contributed by atoms with Crippen molar-refractivity contribution < 1.29 is 4.39 Å². The van der Waals surface area contributed by atoms with Crippen molar-refractivity contribution in [1.29, 1.82) is 0 Å². The zero-order valence-corrected chi connectivity index (χ0v) is 8.78. The van der Waals surface area contributed by atoms with Crippen LogP contribution in [0.15, 0.2) is 23.2 Å². The molecular weight excluding hydrogens is 228 g/mol. The third-order valence-electron chi connectivity index (χ3n) is 1.44. The Hall–Kier alpha value is -1.00. The lowest BCUT2D eigenvalue weighted by molar-refractivity contribution is 0.625.